The van der Waals surface area contributed by atoms with Crippen LogP contribution in [-0.4, -0.2) is 33.7 Å². The van der Waals surface area contributed by atoms with Crippen LogP contribution in [0, 0.1) is 6.92 Å². The van der Waals surface area contributed by atoms with Crippen molar-refractivity contribution in [2.24, 2.45) is 0 Å². The molecule has 0 atom stereocenters. The summed E-state index contributed by atoms with van der Waals surface area (Å²) in [5, 5.41) is 2.91. The quantitative estimate of drug-likeness (QED) is 0.696. The number of anilines is 2. The van der Waals surface area contributed by atoms with E-state index in [1.165, 1.54) is 37.8 Å². The van der Waals surface area contributed by atoms with Gasteiger partial charge in [-0.05, 0) is 55.2 Å². The summed E-state index contributed by atoms with van der Waals surface area (Å²) in [4.78, 5) is 14.9. The molecule has 0 unspecified atom stereocenters. The second-order valence-electron chi connectivity index (χ2n) is 8.16. The van der Waals surface area contributed by atoms with E-state index < -0.39 is 10.0 Å². The number of sulfonamides is 1. The van der Waals surface area contributed by atoms with Crippen LogP contribution in [0.2, 0.25) is 0 Å². The maximum absolute atomic E-state index is 12.5. The van der Waals surface area contributed by atoms with Crippen molar-refractivity contribution in [3.8, 4) is 0 Å². The highest BCUT2D eigenvalue weighted by molar-refractivity contribution is 7.92. The van der Waals surface area contributed by atoms with Crippen molar-refractivity contribution in [3.63, 3.8) is 0 Å². The summed E-state index contributed by atoms with van der Waals surface area (Å²) in [7, 11) is -1.24. The summed E-state index contributed by atoms with van der Waals surface area (Å²) < 4.78 is 25.5. The first-order chi connectivity index (χ1) is 14.2. The molecule has 1 saturated carbocycles. The standard InChI is InChI=1S/C23H31N3O3S/c1-17-9-12-19(15-22(17)25-30(3,28)29)23(27)24-16-18-10-13-21(14-11-18)26(2)20-7-5-4-6-8-20/h9-15,20,25H,4-8,16H2,1-3H3,(H,24,27). The molecule has 2 aromatic rings. The van der Waals surface area contributed by atoms with E-state index in [9.17, 15) is 13.2 Å². The topological polar surface area (TPSA) is 78.5 Å². The Labute approximate surface area is 179 Å². The summed E-state index contributed by atoms with van der Waals surface area (Å²) >= 11 is 0. The number of benzene rings is 2. The fraction of sp³-hybridized carbons (Fsp3) is 0.435. The molecule has 0 bridgehead atoms. The van der Waals surface area contributed by atoms with Gasteiger partial charge in [0, 0.05) is 30.9 Å². The Morgan fingerprint density at radius 2 is 1.73 bits per heavy atom. The molecule has 1 amide bonds. The van der Waals surface area contributed by atoms with Gasteiger partial charge in [-0.25, -0.2) is 8.42 Å². The monoisotopic (exact) mass is 429 g/mol. The van der Waals surface area contributed by atoms with Crippen molar-refractivity contribution in [2.75, 3.05) is 22.9 Å². The average Bonchev–Trinajstić information content (AvgIpc) is 2.73. The van der Waals surface area contributed by atoms with Crippen molar-refractivity contribution in [1.29, 1.82) is 0 Å². The minimum atomic E-state index is -3.40. The van der Waals surface area contributed by atoms with Crippen LogP contribution in [0.25, 0.3) is 0 Å². The average molecular weight is 430 g/mol. The smallest absolute Gasteiger partial charge is 0.251 e. The first kappa shape index (κ1) is 22.2. The molecule has 162 valence electrons. The van der Waals surface area contributed by atoms with Gasteiger partial charge in [-0.3, -0.25) is 9.52 Å². The summed E-state index contributed by atoms with van der Waals surface area (Å²) in [6, 6.07) is 13.9. The van der Waals surface area contributed by atoms with E-state index in [-0.39, 0.29) is 5.91 Å². The van der Waals surface area contributed by atoms with Gasteiger partial charge in [0.05, 0.1) is 11.9 Å². The van der Waals surface area contributed by atoms with E-state index in [1.807, 2.05) is 12.1 Å². The van der Waals surface area contributed by atoms with Gasteiger partial charge >= 0.3 is 0 Å². The third-order valence-electron chi connectivity index (χ3n) is 5.71. The van der Waals surface area contributed by atoms with E-state index >= 15 is 0 Å². The molecule has 2 aromatic carbocycles. The van der Waals surface area contributed by atoms with Crippen molar-refractivity contribution in [2.45, 2.75) is 51.6 Å². The van der Waals surface area contributed by atoms with Crippen molar-refractivity contribution in [1.82, 2.24) is 5.32 Å². The van der Waals surface area contributed by atoms with E-state index in [4.69, 9.17) is 0 Å². The highest BCUT2D eigenvalue weighted by atomic mass is 32.2. The third-order valence-corrected chi connectivity index (χ3v) is 6.30. The van der Waals surface area contributed by atoms with E-state index in [1.54, 1.807) is 25.1 Å². The molecule has 0 aliphatic heterocycles. The van der Waals surface area contributed by atoms with Gasteiger partial charge in [0.15, 0.2) is 0 Å². The van der Waals surface area contributed by atoms with Gasteiger partial charge < -0.3 is 10.2 Å². The van der Waals surface area contributed by atoms with Gasteiger partial charge in [0.25, 0.3) is 5.91 Å². The third kappa shape index (κ3) is 5.98. The number of amides is 1. The highest BCUT2D eigenvalue weighted by Gasteiger charge is 2.18. The fourth-order valence-corrected chi connectivity index (χ4v) is 4.50. The zero-order valence-electron chi connectivity index (χ0n) is 17.9. The lowest BCUT2D eigenvalue weighted by Crippen LogP contribution is -2.33. The van der Waals surface area contributed by atoms with Crippen LogP contribution in [-0.2, 0) is 16.6 Å². The molecular weight excluding hydrogens is 398 g/mol. The second kappa shape index (κ2) is 9.51. The largest absolute Gasteiger partial charge is 0.372 e. The molecule has 0 aromatic heterocycles. The first-order valence-electron chi connectivity index (χ1n) is 10.4. The molecule has 1 aliphatic rings. The summed E-state index contributed by atoms with van der Waals surface area (Å²) in [5.41, 5.74) is 3.81. The zero-order valence-corrected chi connectivity index (χ0v) is 18.8. The molecule has 3 rings (SSSR count). The molecule has 1 fully saturated rings. The van der Waals surface area contributed by atoms with Crippen LogP contribution in [0.3, 0.4) is 0 Å². The molecule has 1 aliphatic carbocycles. The maximum Gasteiger partial charge on any atom is 0.251 e. The summed E-state index contributed by atoms with van der Waals surface area (Å²) in [6.45, 7) is 2.20. The van der Waals surface area contributed by atoms with Crippen molar-refractivity contribution < 1.29 is 13.2 Å². The van der Waals surface area contributed by atoms with Gasteiger partial charge in [-0.2, -0.15) is 0 Å². The first-order valence-corrected chi connectivity index (χ1v) is 12.3. The second-order valence-corrected chi connectivity index (χ2v) is 9.90. The lowest BCUT2D eigenvalue weighted by atomic mass is 9.94. The molecule has 2 N–H and O–H groups in total. The Hall–Kier alpha value is -2.54. The maximum atomic E-state index is 12.5. The molecule has 0 radical (unpaired) electrons. The van der Waals surface area contributed by atoms with E-state index in [2.05, 4.69) is 34.1 Å². The number of hydrogen-bond acceptors (Lipinski definition) is 4. The van der Waals surface area contributed by atoms with Crippen molar-refractivity contribution >= 4 is 27.3 Å². The van der Waals surface area contributed by atoms with Gasteiger partial charge in [-0.1, -0.05) is 37.5 Å². The van der Waals surface area contributed by atoms with Crippen LogP contribution in [0.5, 0.6) is 0 Å². The predicted octanol–water partition coefficient (Wildman–Crippen LogP) is 4.07. The van der Waals surface area contributed by atoms with Crippen LogP contribution in [0.15, 0.2) is 42.5 Å². The van der Waals surface area contributed by atoms with Gasteiger partial charge in [-0.15, -0.1) is 0 Å². The molecule has 0 spiro atoms. The summed E-state index contributed by atoms with van der Waals surface area (Å²) in [6.07, 6.45) is 7.55. The molecule has 6 nitrogen and oxygen atoms in total. The Morgan fingerprint density at radius 1 is 1.07 bits per heavy atom. The molecule has 30 heavy (non-hydrogen) atoms. The Morgan fingerprint density at radius 3 is 2.37 bits per heavy atom. The van der Waals surface area contributed by atoms with Crippen molar-refractivity contribution in [3.05, 3.63) is 59.2 Å². The normalized spacial score (nSPS) is 14.9. The Balaban J connectivity index is 1.60. The van der Waals surface area contributed by atoms with Crippen LogP contribution in [0.1, 0.15) is 53.6 Å². The van der Waals surface area contributed by atoms with Crippen LogP contribution in [0.4, 0.5) is 11.4 Å². The highest BCUT2D eigenvalue weighted by Crippen LogP contribution is 2.26. The number of carbonyl (C=O) groups is 1. The number of carbonyl (C=O) groups excluding carboxylic acids is 1. The number of hydrogen-bond donors (Lipinski definition) is 2. The zero-order chi connectivity index (χ0) is 21.7. The van der Waals surface area contributed by atoms with Crippen LogP contribution >= 0.6 is 0 Å². The molecule has 0 heterocycles. The van der Waals surface area contributed by atoms with E-state index in [0.717, 1.165) is 17.4 Å². The summed E-state index contributed by atoms with van der Waals surface area (Å²) in [5.74, 6) is -0.241. The number of nitrogens with one attached hydrogen (secondary N) is 2. The fourth-order valence-electron chi connectivity index (χ4n) is 3.89. The SMILES string of the molecule is Cc1ccc(C(=O)NCc2ccc(N(C)C3CCCCC3)cc2)cc1NS(C)(=O)=O. The predicted molar refractivity (Wildman–Crippen MR) is 123 cm³/mol. The molecule has 0 saturated heterocycles. The minimum Gasteiger partial charge on any atom is -0.372 e. The molecule has 7 heteroatoms. The van der Waals surface area contributed by atoms with E-state index in [0.29, 0.717) is 23.8 Å². The Bertz CT molecular complexity index is 981. The Kier molecular flexibility index (Phi) is 7.02. The number of aryl methyl sites for hydroxylation is 1. The minimum absolute atomic E-state index is 0.241. The number of nitrogens with zero attached hydrogens (tertiary/aromatic N) is 1. The van der Waals surface area contributed by atoms with Gasteiger partial charge in [0.1, 0.15) is 0 Å². The number of rotatable bonds is 7. The van der Waals surface area contributed by atoms with Crippen LogP contribution < -0.4 is 14.9 Å². The lowest BCUT2D eigenvalue weighted by Gasteiger charge is -2.33. The molecular formula is C23H31N3O3S. The lowest BCUT2D eigenvalue weighted by molar-refractivity contribution is 0.0951. The van der Waals surface area contributed by atoms with Gasteiger partial charge in [0.2, 0.25) is 10.0 Å².